The maximum Gasteiger partial charge on any atom is 0.231 e. The molecule has 0 bridgehead atoms. The highest BCUT2D eigenvalue weighted by Crippen LogP contribution is 2.40. The van der Waals surface area contributed by atoms with E-state index < -0.39 is 0 Å². The molecule has 0 radical (unpaired) electrons. The van der Waals surface area contributed by atoms with Crippen molar-refractivity contribution in [2.24, 2.45) is 4.99 Å². The molecule has 1 atom stereocenters. The zero-order valence-electron chi connectivity index (χ0n) is 14.9. The third-order valence-electron chi connectivity index (χ3n) is 4.78. The average molecular weight is 372 g/mol. The van der Waals surface area contributed by atoms with E-state index in [4.69, 9.17) is 19.2 Å². The second-order valence-corrected chi connectivity index (χ2v) is 6.23. The van der Waals surface area contributed by atoms with Crippen LogP contribution >= 0.6 is 12.4 Å². The van der Waals surface area contributed by atoms with Crippen molar-refractivity contribution in [3.8, 4) is 17.2 Å². The number of aliphatic imine (C=N–C) groups is 1. The van der Waals surface area contributed by atoms with Crippen molar-refractivity contribution >= 4 is 24.2 Å². The Labute approximate surface area is 159 Å². The van der Waals surface area contributed by atoms with Crippen LogP contribution in [0.5, 0.6) is 17.2 Å². The first kappa shape index (κ1) is 18.3. The largest absolute Gasteiger partial charge is 0.497 e. The molecular formula is C21H22ClNO3. The zero-order chi connectivity index (χ0) is 17.2. The minimum atomic E-state index is 0. The second-order valence-electron chi connectivity index (χ2n) is 6.23. The lowest BCUT2D eigenvalue weighted by Crippen LogP contribution is -2.16. The SMILES string of the molecule is CCC1CN=C(C=Cc2ccc(OC)cc2)c2cc3c(cc21)OCO3.Cl. The summed E-state index contributed by atoms with van der Waals surface area (Å²) in [6, 6.07) is 12.2. The molecule has 2 aliphatic heterocycles. The van der Waals surface area contributed by atoms with E-state index in [2.05, 4.69) is 31.2 Å². The van der Waals surface area contributed by atoms with Gasteiger partial charge in [0.15, 0.2) is 11.5 Å². The predicted molar refractivity (Wildman–Crippen MR) is 106 cm³/mol. The number of allylic oxidation sites excluding steroid dienone is 1. The van der Waals surface area contributed by atoms with Gasteiger partial charge in [0.05, 0.1) is 12.8 Å². The van der Waals surface area contributed by atoms with Crippen molar-refractivity contribution in [2.45, 2.75) is 19.3 Å². The Hall–Kier alpha value is -2.46. The van der Waals surface area contributed by atoms with E-state index in [0.29, 0.717) is 12.7 Å². The van der Waals surface area contributed by atoms with Gasteiger partial charge in [-0.15, -0.1) is 12.4 Å². The molecule has 0 amide bonds. The van der Waals surface area contributed by atoms with Gasteiger partial charge in [0.1, 0.15) is 5.75 Å². The molecule has 5 heteroatoms. The Bertz CT molecular complexity index is 843. The molecule has 2 aromatic carbocycles. The van der Waals surface area contributed by atoms with Crippen LogP contribution in [-0.2, 0) is 0 Å². The first-order chi connectivity index (χ1) is 12.3. The topological polar surface area (TPSA) is 40.0 Å². The molecule has 0 aliphatic carbocycles. The molecule has 0 aromatic heterocycles. The molecule has 0 N–H and O–H groups in total. The van der Waals surface area contributed by atoms with E-state index in [1.54, 1.807) is 7.11 Å². The standard InChI is InChI=1S/C21H21NO3.ClH/c1-3-15-12-22-19(9-6-14-4-7-16(23-2)8-5-14)18-11-21-20(10-17(15)18)24-13-25-21;/h4-11,15H,3,12-13H2,1-2H3;1H. The minimum absolute atomic E-state index is 0. The highest BCUT2D eigenvalue weighted by Gasteiger charge is 2.25. The van der Waals surface area contributed by atoms with Gasteiger partial charge in [-0.3, -0.25) is 4.99 Å². The molecule has 1 unspecified atom stereocenters. The summed E-state index contributed by atoms with van der Waals surface area (Å²) in [4.78, 5) is 4.81. The first-order valence-corrected chi connectivity index (χ1v) is 8.59. The van der Waals surface area contributed by atoms with Crippen LogP contribution in [0.3, 0.4) is 0 Å². The lowest BCUT2D eigenvalue weighted by molar-refractivity contribution is 0.174. The van der Waals surface area contributed by atoms with Gasteiger partial charge < -0.3 is 14.2 Å². The Morgan fingerprint density at radius 2 is 1.85 bits per heavy atom. The number of halogens is 1. The van der Waals surface area contributed by atoms with Crippen molar-refractivity contribution in [2.75, 3.05) is 20.4 Å². The number of nitrogens with zero attached hydrogens (tertiary/aromatic N) is 1. The number of hydrogen-bond donors (Lipinski definition) is 0. The Kier molecular flexibility index (Phi) is 5.52. The van der Waals surface area contributed by atoms with Crippen LogP contribution in [0.2, 0.25) is 0 Å². The molecule has 2 heterocycles. The Morgan fingerprint density at radius 3 is 2.54 bits per heavy atom. The number of ether oxygens (including phenoxy) is 3. The monoisotopic (exact) mass is 371 g/mol. The zero-order valence-corrected chi connectivity index (χ0v) is 15.7. The van der Waals surface area contributed by atoms with Gasteiger partial charge in [0.25, 0.3) is 0 Å². The summed E-state index contributed by atoms with van der Waals surface area (Å²) < 4.78 is 16.3. The summed E-state index contributed by atoms with van der Waals surface area (Å²) in [5.41, 5.74) is 4.56. The van der Waals surface area contributed by atoms with Crippen LogP contribution in [0.1, 0.15) is 36.0 Å². The van der Waals surface area contributed by atoms with Gasteiger partial charge in [-0.25, -0.2) is 0 Å². The fraction of sp³-hybridized carbons (Fsp3) is 0.286. The molecule has 26 heavy (non-hydrogen) atoms. The van der Waals surface area contributed by atoms with Crippen molar-refractivity contribution < 1.29 is 14.2 Å². The summed E-state index contributed by atoms with van der Waals surface area (Å²) in [6.07, 6.45) is 5.22. The average Bonchev–Trinajstić information content (AvgIpc) is 3.12. The molecule has 2 aliphatic rings. The van der Waals surface area contributed by atoms with Crippen LogP contribution < -0.4 is 14.2 Å². The van der Waals surface area contributed by atoms with Crippen molar-refractivity contribution in [1.82, 2.24) is 0 Å². The lowest BCUT2D eigenvalue weighted by atomic mass is 9.87. The maximum absolute atomic E-state index is 5.55. The lowest BCUT2D eigenvalue weighted by Gasteiger charge is -2.23. The molecule has 4 nitrogen and oxygen atoms in total. The maximum atomic E-state index is 5.55. The van der Waals surface area contributed by atoms with Crippen LogP contribution in [0.4, 0.5) is 0 Å². The fourth-order valence-corrected chi connectivity index (χ4v) is 3.29. The van der Waals surface area contributed by atoms with E-state index in [1.165, 1.54) is 5.56 Å². The molecule has 2 aromatic rings. The minimum Gasteiger partial charge on any atom is -0.497 e. The van der Waals surface area contributed by atoms with Crippen molar-refractivity contribution in [3.05, 3.63) is 59.2 Å². The van der Waals surface area contributed by atoms with E-state index in [0.717, 1.165) is 47.1 Å². The molecule has 0 spiro atoms. The quantitative estimate of drug-likeness (QED) is 0.770. The summed E-state index contributed by atoms with van der Waals surface area (Å²) in [6.45, 7) is 3.31. The number of benzene rings is 2. The van der Waals surface area contributed by atoms with E-state index >= 15 is 0 Å². The van der Waals surface area contributed by atoms with Crippen LogP contribution in [0.25, 0.3) is 6.08 Å². The number of hydrogen-bond acceptors (Lipinski definition) is 4. The summed E-state index contributed by atoms with van der Waals surface area (Å²) in [5.74, 6) is 2.94. The Morgan fingerprint density at radius 1 is 1.12 bits per heavy atom. The van der Waals surface area contributed by atoms with Gasteiger partial charge in [0, 0.05) is 18.0 Å². The number of methoxy groups -OCH3 is 1. The highest BCUT2D eigenvalue weighted by molar-refractivity contribution is 6.12. The molecule has 0 fully saturated rings. The summed E-state index contributed by atoms with van der Waals surface area (Å²) in [5, 5.41) is 0. The van der Waals surface area contributed by atoms with Gasteiger partial charge in [-0.1, -0.05) is 25.1 Å². The number of rotatable bonds is 4. The highest BCUT2D eigenvalue weighted by atomic mass is 35.5. The summed E-state index contributed by atoms with van der Waals surface area (Å²) in [7, 11) is 1.67. The third-order valence-corrected chi connectivity index (χ3v) is 4.78. The van der Waals surface area contributed by atoms with Gasteiger partial charge in [-0.2, -0.15) is 0 Å². The third kappa shape index (κ3) is 3.42. The molecule has 136 valence electrons. The second kappa shape index (κ2) is 7.83. The summed E-state index contributed by atoms with van der Waals surface area (Å²) >= 11 is 0. The fourth-order valence-electron chi connectivity index (χ4n) is 3.29. The Balaban J connectivity index is 0.00000196. The van der Waals surface area contributed by atoms with E-state index in [1.807, 2.05) is 24.3 Å². The molecule has 4 rings (SSSR count). The number of fused-ring (bicyclic) bond motifs is 2. The van der Waals surface area contributed by atoms with Crippen LogP contribution in [-0.4, -0.2) is 26.2 Å². The van der Waals surface area contributed by atoms with Gasteiger partial charge >= 0.3 is 0 Å². The molecular weight excluding hydrogens is 350 g/mol. The van der Waals surface area contributed by atoms with Crippen LogP contribution in [0.15, 0.2) is 47.5 Å². The van der Waals surface area contributed by atoms with Crippen molar-refractivity contribution in [1.29, 1.82) is 0 Å². The van der Waals surface area contributed by atoms with Crippen LogP contribution in [0, 0.1) is 0 Å². The predicted octanol–water partition coefficient (Wildman–Crippen LogP) is 4.86. The molecule has 0 saturated carbocycles. The first-order valence-electron chi connectivity index (χ1n) is 8.59. The van der Waals surface area contributed by atoms with E-state index in [-0.39, 0.29) is 12.4 Å². The smallest absolute Gasteiger partial charge is 0.231 e. The molecule has 0 saturated heterocycles. The normalized spacial score (nSPS) is 17.5. The van der Waals surface area contributed by atoms with Crippen molar-refractivity contribution in [3.63, 3.8) is 0 Å². The van der Waals surface area contributed by atoms with Gasteiger partial charge in [-0.05, 0) is 47.9 Å². The van der Waals surface area contributed by atoms with Gasteiger partial charge in [0.2, 0.25) is 6.79 Å². The van der Waals surface area contributed by atoms with E-state index in [9.17, 15) is 0 Å².